The van der Waals surface area contributed by atoms with Gasteiger partial charge in [0.15, 0.2) is 0 Å². The third kappa shape index (κ3) is 4.94. The first-order valence-electron chi connectivity index (χ1n) is 6.82. The van der Waals surface area contributed by atoms with Crippen LogP contribution >= 0.6 is 11.8 Å². The van der Waals surface area contributed by atoms with Crippen molar-refractivity contribution in [3.8, 4) is 0 Å². The number of aliphatic imine (C=N–C) groups is 1. The molecule has 0 aromatic heterocycles. The Hall–Kier alpha value is -1.69. The molecular weight excluding hydrogens is 309 g/mol. The summed E-state index contributed by atoms with van der Waals surface area (Å²) in [7, 11) is 0. The third-order valence-corrected chi connectivity index (χ3v) is 4.18. The molecule has 1 aliphatic rings. The normalized spacial score (nSPS) is 19.5. The molecule has 0 radical (unpaired) electrons. The Balaban J connectivity index is 1.90. The van der Waals surface area contributed by atoms with Gasteiger partial charge in [0.2, 0.25) is 0 Å². The Morgan fingerprint density at radius 3 is 2.41 bits per heavy atom. The molecule has 0 amide bonds. The quantitative estimate of drug-likeness (QED) is 0.846. The fourth-order valence-corrected chi connectivity index (χ4v) is 2.38. The maximum atomic E-state index is 12.4. The van der Waals surface area contributed by atoms with E-state index in [9.17, 15) is 13.2 Å². The van der Waals surface area contributed by atoms with E-state index in [1.165, 1.54) is 12.1 Å². The number of hydrogen-bond donors (Lipinski definition) is 1. The lowest BCUT2D eigenvalue weighted by atomic mass is 10.1. The van der Waals surface area contributed by atoms with Crippen LogP contribution in [0.5, 0.6) is 0 Å². The van der Waals surface area contributed by atoms with E-state index in [1.807, 2.05) is 12.2 Å². The number of nitrogens with zero attached hydrogens (tertiary/aromatic N) is 1. The van der Waals surface area contributed by atoms with Gasteiger partial charge in [-0.25, -0.2) is 0 Å². The highest BCUT2D eigenvalue weighted by atomic mass is 32.2. The summed E-state index contributed by atoms with van der Waals surface area (Å²) in [6.45, 7) is 1.70. The number of alkyl halides is 3. The molecule has 6 heteroatoms. The number of thioether (sulfide) groups is 1. The van der Waals surface area contributed by atoms with Gasteiger partial charge in [-0.1, -0.05) is 30.4 Å². The van der Waals surface area contributed by atoms with Gasteiger partial charge in [0.25, 0.3) is 0 Å². The molecule has 0 bridgehead atoms. The van der Waals surface area contributed by atoms with E-state index in [0.29, 0.717) is 5.25 Å². The second-order valence-electron chi connectivity index (χ2n) is 4.80. The van der Waals surface area contributed by atoms with Crippen molar-refractivity contribution in [3.63, 3.8) is 0 Å². The van der Waals surface area contributed by atoms with Crippen molar-refractivity contribution in [3.05, 3.63) is 53.6 Å². The minimum absolute atomic E-state index is 0.514. The molecule has 2 rings (SSSR count). The van der Waals surface area contributed by atoms with Crippen LogP contribution in [0.2, 0.25) is 0 Å². The second-order valence-corrected chi connectivity index (χ2v) is 5.94. The highest BCUT2D eigenvalue weighted by Gasteiger charge is 2.29. The molecule has 0 saturated heterocycles. The number of nitrogens with one attached hydrogen (secondary N) is 1. The first-order chi connectivity index (χ1) is 10.5. The van der Waals surface area contributed by atoms with Crippen LogP contribution in [0.3, 0.4) is 0 Å². The lowest BCUT2D eigenvalue weighted by molar-refractivity contribution is -0.137. The predicted octanol–water partition coefficient (Wildman–Crippen LogP) is 4.01. The molecule has 118 valence electrons. The fraction of sp³-hybridized carbons (Fsp3) is 0.312. The Kier molecular flexibility index (Phi) is 5.71. The van der Waals surface area contributed by atoms with E-state index < -0.39 is 11.7 Å². The average molecular weight is 326 g/mol. The van der Waals surface area contributed by atoms with Crippen LogP contribution in [0.4, 0.5) is 13.2 Å². The second kappa shape index (κ2) is 7.54. The van der Waals surface area contributed by atoms with E-state index in [4.69, 9.17) is 0 Å². The zero-order valence-corrected chi connectivity index (χ0v) is 12.9. The predicted molar refractivity (Wildman–Crippen MR) is 87.2 cm³/mol. The Morgan fingerprint density at radius 1 is 1.18 bits per heavy atom. The lowest BCUT2D eigenvalue weighted by Crippen LogP contribution is -2.36. The Bertz CT molecular complexity index is 574. The SMILES string of the molecule is CSC1CN=C(C=CC=Cc2ccc(C(F)(F)F)cc2)NC1. The summed E-state index contributed by atoms with van der Waals surface area (Å²) in [5, 5.41) is 3.74. The van der Waals surface area contributed by atoms with E-state index in [1.54, 1.807) is 23.9 Å². The van der Waals surface area contributed by atoms with Crippen molar-refractivity contribution in [2.45, 2.75) is 11.4 Å². The minimum atomic E-state index is -4.29. The summed E-state index contributed by atoms with van der Waals surface area (Å²) in [4.78, 5) is 4.40. The van der Waals surface area contributed by atoms with Crippen molar-refractivity contribution < 1.29 is 13.2 Å². The van der Waals surface area contributed by atoms with Gasteiger partial charge in [0.05, 0.1) is 12.1 Å². The zero-order chi connectivity index (χ0) is 16.0. The smallest absolute Gasteiger partial charge is 0.369 e. The molecule has 0 fully saturated rings. The third-order valence-electron chi connectivity index (χ3n) is 3.20. The maximum absolute atomic E-state index is 12.4. The van der Waals surface area contributed by atoms with Crippen molar-refractivity contribution in [1.29, 1.82) is 0 Å². The van der Waals surface area contributed by atoms with E-state index in [0.717, 1.165) is 36.6 Å². The lowest BCUT2D eigenvalue weighted by Gasteiger charge is -2.19. The van der Waals surface area contributed by atoms with Crippen molar-refractivity contribution in [2.75, 3.05) is 19.3 Å². The van der Waals surface area contributed by atoms with E-state index in [2.05, 4.69) is 16.6 Å². The van der Waals surface area contributed by atoms with Crippen LogP contribution in [0.1, 0.15) is 11.1 Å². The van der Waals surface area contributed by atoms with Crippen molar-refractivity contribution in [1.82, 2.24) is 5.32 Å². The van der Waals surface area contributed by atoms with E-state index in [-0.39, 0.29) is 0 Å². The van der Waals surface area contributed by atoms with Crippen LogP contribution in [-0.4, -0.2) is 30.4 Å². The topological polar surface area (TPSA) is 24.4 Å². The number of amidine groups is 1. The molecule has 0 spiro atoms. The average Bonchev–Trinajstić information content (AvgIpc) is 2.52. The van der Waals surface area contributed by atoms with Crippen molar-refractivity contribution >= 4 is 23.7 Å². The standard InChI is InChI=1S/C16H17F3N2S/c1-22-14-10-20-15(21-11-14)5-3-2-4-12-6-8-13(9-7-12)16(17,18)19/h2-9,14H,10-11H2,1H3,(H,20,21). The van der Waals surface area contributed by atoms with Gasteiger partial charge < -0.3 is 5.32 Å². The first kappa shape index (κ1) is 16.7. The molecule has 1 unspecified atom stereocenters. The summed E-state index contributed by atoms with van der Waals surface area (Å²) in [5.41, 5.74) is 0.0861. The van der Waals surface area contributed by atoms with Gasteiger partial charge in [-0.3, -0.25) is 4.99 Å². The number of halogens is 3. The van der Waals surface area contributed by atoms with Gasteiger partial charge in [-0.15, -0.1) is 0 Å². The summed E-state index contributed by atoms with van der Waals surface area (Å²) in [6.07, 6.45) is 5.00. The first-order valence-corrected chi connectivity index (χ1v) is 8.11. The van der Waals surface area contributed by atoms with Gasteiger partial charge in [-0.2, -0.15) is 24.9 Å². The van der Waals surface area contributed by atoms with Gasteiger partial charge in [0, 0.05) is 11.8 Å². The Morgan fingerprint density at radius 2 is 1.86 bits per heavy atom. The molecule has 0 saturated carbocycles. The molecule has 1 aromatic carbocycles. The monoisotopic (exact) mass is 326 g/mol. The molecule has 1 aromatic rings. The Labute approximate surface area is 132 Å². The largest absolute Gasteiger partial charge is 0.416 e. The number of allylic oxidation sites excluding steroid dienone is 2. The molecule has 0 aliphatic carbocycles. The zero-order valence-electron chi connectivity index (χ0n) is 12.1. The van der Waals surface area contributed by atoms with Crippen LogP contribution in [0, 0.1) is 0 Å². The van der Waals surface area contributed by atoms with E-state index >= 15 is 0 Å². The highest BCUT2D eigenvalue weighted by molar-refractivity contribution is 7.99. The highest BCUT2D eigenvalue weighted by Crippen LogP contribution is 2.29. The van der Waals surface area contributed by atoms with Crippen molar-refractivity contribution in [2.24, 2.45) is 4.99 Å². The van der Waals surface area contributed by atoms with Gasteiger partial charge in [-0.05, 0) is 30.0 Å². The molecule has 22 heavy (non-hydrogen) atoms. The molecule has 2 nitrogen and oxygen atoms in total. The fourth-order valence-electron chi connectivity index (χ4n) is 1.91. The molecule has 1 aliphatic heterocycles. The summed E-state index contributed by atoms with van der Waals surface area (Å²) < 4.78 is 37.3. The molecule has 1 atom stereocenters. The van der Waals surface area contributed by atoms with Gasteiger partial charge >= 0.3 is 6.18 Å². The number of rotatable bonds is 4. The molecular formula is C16H17F3N2S. The van der Waals surface area contributed by atoms with Crippen LogP contribution < -0.4 is 5.32 Å². The van der Waals surface area contributed by atoms with Crippen LogP contribution in [0.25, 0.3) is 6.08 Å². The van der Waals surface area contributed by atoms with Gasteiger partial charge in [0.1, 0.15) is 5.84 Å². The number of benzene rings is 1. The molecule has 1 heterocycles. The van der Waals surface area contributed by atoms with Crippen LogP contribution in [0.15, 0.2) is 47.5 Å². The summed E-state index contributed by atoms with van der Waals surface area (Å²) >= 11 is 1.79. The molecule has 1 N–H and O–H groups in total. The minimum Gasteiger partial charge on any atom is -0.369 e. The number of hydrogen-bond acceptors (Lipinski definition) is 3. The maximum Gasteiger partial charge on any atom is 0.416 e. The van der Waals surface area contributed by atoms with Crippen LogP contribution in [-0.2, 0) is 6.18 Å². The summed E-state index contributed by atoms with van der Waals surface area (Å²) in [5.74, 6) is 0.836. The summed E-state index contributed by atoms with van der Waals surface area (Å²) in [6, 6.07) is 5.07.